The topological polar surface area (TPSA) is 81.6 Å². The van der Waals surface area contributed by atoms with E-state index in [0.29, 0.717) is 18.7 Å². The molecule has 1 aromatic carbocycles. The molecule has 0 bridgehead atoms. The average molecular weight is 269 g/mol. The summed E-state index contributed by atoms with van der Waals surface area (Å²) in [6, 6.07) is 4.45. The quantitative estimate of drug-likeness (QED) is 0.474. The molecule has 0 spiro atoms. The maximum atomic E-state index is 10.9. The number of thiocarbonyl (C=S) groups is 1. The van der Waals surface area contributed by atoms with Crippen LogP contribution >= 0.6 is 12.2 Å². The van der Waals surface area contributed by atoms with E-state index < -0.39 is 4.92 Å². The third-order valence-corrected chi connectivity index (χ3v) is 2.47. The third kappa shape index (κ3) is 3.94. The molecule has 0 saturated heterocycles. The van der Waals surface area contributed by atoms with Crippen molar-refractivity contribution in [3.8, 4) is 5.75 Å². The van der Waals surface area contributed by atoms with Gasteiger partial charge in [-0.2, -0.15) is 0 Å². The van der Waals surface area contributed by atoms with E-state index in [2.05, 4.69) is 0 Å². The van der Waals surface area contributed by atoms with Gasteiger partial charge in [0.05, 0.1) is 4.92 Å². The van der Waals surface area contributed by atoms with Gasteiger partial charge in [-0.3, -0.25) is 10.1 Å². The molecule has 0 aromatic heterocycles. The average Bonchev–Trinajstić information content (AvgIpc) is 2.28. The Morgan fingerprint density at radius 2 is 2.22 bits per heavy atom. The molecular weight excluding hydrogens is 254 g/mol. The van der Waals surface area contributed by atoms with Crippen LogP contribution in [0.4, 0.5) is 5.69 Å². The van der Waals surface area contributed by atoms with Gasteiger partial charge in [0.25, 0.3) is 0 Å². The van der Waals surface area contributed by atoms with Gasteiger partial charge in [-0.25, -0.2) is 0 Å². The minimum absolute atomic E-state index is 0.123. The zero-order valence-corrected chi connectivity index (χ0v) is 11.1. The predicted octanol–water partition coefficient (Wildman–Crippen LogP) is 1.17. The normalized spacial score (nSPS) is 10.4. The Labute approximate surface area is 110 Å². The molecule has 0 amide bonds. The zero-order valence-electron chi connectivity index (χ0n) is 10.3. The SMILES string of the molecule is CN(C)CCOc1ccc(C(N)=S)cc1[N+](=O)[O-]. The molecule has 0 aliphatic rings. The molecule has 0 saturated carbocycles. The summed E-state index contributed by atoms with van der Waals surface area (Å²) in [4.78, 5) is 12.5. The second-order valence-electron chi connectivity index (χ2n) is 3.96. The Balaban J connectivity index is 2.90. The molecule has 0 atom stereocenters. The number of ether oxygens (including phenoxy) is 1. The second-order valence-corrected chi connectivity index (χ2v) is 4.40. The van der Waals surface area contributed by atoms with Gasteiger partial charge in [0.2, 0.25) is 0 Å². The van der Waals surface area contributed by atoms with Gasteiger partial charge in [-0.05, 0) is 26.2 Å². The lowest BCUT2D eigenvalue weighted by Crippen LogP contribution is -2.19. The van der Waals surface area contributed by atoms with Crippen LogP contribution in [0, 0.1) is 10.1 Å². The molecule has 1 aromatic rings. The van der Waals surface area contributed by atoms with Gasteiger partial charge in [-0.15, -0.1) is 0 Å². The van der Waals surface area contributed by atoms with Crippen molar-refractivity contribution in [2.75, 3.05) is 27.2 Å². The van der Waals surface area contributed by atoms with Crippen LogP contribution < -0.4 is 10.5 Å². The Hall–Kier alpha value is -1.73. The Bertz CT molecular complexity index is 463. The molecule has 0 radical (unpaired) electrons. The molecule has 7 heteroatoms. The smallest absolute Gasteiger partial charge is 0.311 e. The van der Waals surface area contributed by atoms with Gasteiger partial charge < -0.3 is 15.4 Å². The number of nitro benzene ring substituents is 1. The Morgan fingerprint density at radius 3 is 2.72 bits per heavy atom. The van der Waals surface area contributed by atoms with Gasteiger partial charge in [-0.1, -0.05) is 12.2 Å². The number of benzene rings is 1. The van der Waals surface area contributed by atoms with Crippen molar-refractivity contribution < 1.29 is 9.66 Å². The van der Waals surface area contributed by atoms with Gasteiger partial charge in [0, 0.05) is 18.2 Å². The predicted molar refractivity (Wildman–Crippen MR) is 73.0 cm³/mol. The third-order valence-electron chi connectivity index (χ3n) is 2.24. The van der Waals surface area contributed by atoms with Crippen LogP contribution in [0.3, 0.4) is 0 Å². The van der Waals surface area contributed by atoms with E-state index >= 15 is 0 Å². The summed E-state index contributed by atoms with van der Waals surface area (Å²) in [5.41, 5.74) is 5.76. The van der Waals surface area contributed by atoms with Crippen molar-refractivity contribution in [1.29, 1.82) is 0 Å². The zero-order chi connectivity index (χ0) is 13.7. The second kappa shape index (κ2) is 6.27. The molecule has 0 heterocycles. The molecule has 98 valence electrons. The summed E-state index contributed by atoms with van der Waals surface area (Å²) in [5.74, 6) is 0.224. The standard InChI is InChI=1S/C11H15N3O3S/c1-13(2)5-6-17-10-4-3-8(11(12)18)7-9(10)14(15)16/h3-4,7H,5-6H2,1-2H3,(H2,12,18). The molecule has 0 aliphatic carbocycles. The lowest BCUT2D eigenvalue weighted by atomic mass is 10.2. The highest BCUT2D eigenvalue weighted by Gasteiger charge is 2.16. The lowest BCUT2D eigenvalue weighted by Gasteiger charge is -2.11. The maximum absolute atomic E-state index is 10.9. The van der Waals surface area contributed by atoms with Gasteiger partial charge in [0.1, 0.15) is 11.6 Å². The van der Waals surface area contributed by atoms with Crippen molar-refractivity contribution in [3.05, 3.63) is 33.9 Å². The lowest BCUT2D eigenvalue weighted by molar-refractivity contribution is -0.385. The van der Waals surface area contributed by atoms with Crippen LogP contribution in [-0.4, -0.2) is 42.1 Å². The fraction of sp³-hybridized carbons (Fsp3) is 0.364. The molecule has 2 N–H and O–H groups in total. The minimum atomic E-state index is -0.507. The van der Waals surface area contributed by atoms with E-state index in [9.17, 15) is 10.1 Å². The van der Waals surface area contributed by atoms with E-state index in [1.165, 1.54) is 12.1 Å². The highest BCUT2D eigenvalue weighted by Crippen LogP contribution is 2.27. The summed E-state index contributed by atoms with van der Waals surface area (Å²) in [6.45, 7) is 1.05. The number of nitrogens with two attached hydrogens (primary N) is 1. The summed E-state index contributed by atoms with van der Waals surface area (Å²) in [7, 11) is 3.79. The number of hydrogen-bond acceptors (Lipinski definition) is 5. The van der Waals surface area contributed by atoms with E-state index in [-0.39, 0.29) is 16.4 Å². The first-order chi connectivity index (χ1) is 8.41. The first-order valence-corrected chi connectivity index (χ1v) is 5.68. The monoisotopic (exact) mass is 269 g/mol. The highest BCUT2D eigenvalue weighted by molar-refractivity contribution is 7.80. The number of nitrogens with zero attached hydrogens (tertiary/aromatic N) is 2. The van der Waals surface area contributed by atoms with E-state index in [1.807, 2.05) is 19.0 Å². The number of rotatable bonds is 6. The molecule has 0 aliphatic heterocycles. The molecule has 0 unspecified atom stereocenters. The van der Waals surface area contributed by atoms with Crippen LogP contribution in [0.1, 0.15) is 5.56 Å². The van der Waals surface area contributed by atoms with E-state index in [1.54, 1.807) is 6.07 Å². The van der Waals surface area contributed by atoms with Crippen molar-refractivity contribution in [2.24, 2.45) is 5.73 Å². The van der Waals surface area contributed by atoms with Crippen molar-refractivity contribution >= 4 is 22.9 Å². The first-order valence-electron chi connectivity index (χ1n) is 5.27. The number of hydrogen-bond donors (Lipinski definition) is 1. The summed E-state index contributed by atoms with van der Waals surface area (Å²) in [6.07, 6.45) is 0. The first kappa shape index (κ1) is 14.3. The summed E-state index contributed by atoms with van der Waals surface area (Å²) < 4.78 is 5.38. The van der Waals surface area contributed by atoms with Crippen molar-refractivity contribution in [1.82, 2.24) is 4.90 Å². The van der Waals surface area contributed by atoms with E-state index in [0.717, 1.165) is 0 Å². The van der Waals surface area contributed by atoms with Crippen LogP contribution in [0.15, 0.2) is 18.2 Å². The largest absolute Gasteiger partial charge is 0.485 e. The molecule has 0 fully saturated rings. The minimum Gasteiger partial charge on any atom is -0.485 e. The fourth-order valence-electron chi connectivity index (χ4n) is 1.27. The van der Waals surface area contributed by atoms with Gasteiger partial charge in [0.15, 0.2) is 5.75 Å². The van der Waals surface area contributed by atoms with Crippen LogP contribution in [0.25, 0.3) is 0 Å². The van der Waals surface area contributed by atoms with E-state index in [4.69, 9.17) is 22.7 Å². The maximum Gasteiger partial charge on any atom is 0.311 e. The van der Waals surface area contributed by atoms with Crippen molar-refractivity contribution in [2.45, 2.75) is 0 Å². The molecule has 1 rings (SSSR count). The van der Waals surface area contributed by atoms with Crippen LogP contribution in [0.2, 0.25) is 0 Å². The summed E-state index contributed by atoms with van der Waals surface area (Å²) >= 11 is 4.78. The van der Waals surface area contributed by atoms with Gasteiger partial charge >= 0.3 is 5.69 Å². The molecule has 18 heavy (non-hydrogen) atoms. The molecular formula is C11H15N3O3S. The summed E-state index contributed by atoms with van der Waals surface area (Å²) in [5, 5.41) is 10.9. The number of likely N-dealkylation sites (N-methyl/N-ethyl adjacent to an activating group) is 1. The fourth-order valence-corrected chi connectivity index (χ4v) is 1.40. The highest BCUT2D eigenvalue weighted by atomic mass is 32.1. The molecule has 6 nitrogen and oxygen atoms in total. The Kier molecular flexibility index (Phi) is 4.99. The van der Waals surface area contributed by atoms with Crippen LogP contribution in [0.5, 0.6) is 5.75 Å². The van der Waals surface area contributed by atoms with Crippen molar-refractivity contribution in [3.63, 3.8) is 0 Å². The number of nitro groups is 1. The van der Waals surface area contributed by atoms with Crippen LogP contribution in [-0.2, 0) is 0 Å². The Morgan fingerprint density at radius 1 is 1.56 bits per heavy atom.